The molecule has 2 aromatic rings. The molecule has 0 aliphatic carbocycles. The summed E-state index contributed by atoms with van der Waals surface area (Å²) in [5.41, 5.74) is 7.12. The standard InChI is InChI=1S/C15H18N2O/c1-15(2,14-5-3-4-10-17-14)18-13-8-6-12(11-16)7-9-13/h3-10H,11,16H2,1-2H3. The number of nitrogens with two attached hydrogens (primary N) is 1. The van der Waals surface area contributed by atoms with Crippen molar-refractivity contribution in [2.45, 2.75) is 26.0 Å². The zero-order chi connectivity index (χ0) is 13.0. The molecule has 0 saturated carbocycles. The van der Waals surface area contributed by atoms with E-state index in [-0.39, 0.29) is 0 Å². The Morgan fingerprint density at radius 2 is 1.83 bits per heavy atom. The zero-order valence-corrected chi connectivity index (χ0v) is 10.8. The van der Waals surface area contributed by atoms with Gasteiger partial charge in [-0.2, -0.15) is 0 Å². The molecule has 0 amide bonds. The summed E-state index contributed by atoms with van der Waals surface area (Å²) >= 11 is 0. The van der Waals surface area contributed by atoms with Crippen LogP contribution in [0.25, 0.3) is 0 Å². The van der Waals surface area contributed by atoms with Gasteiger partial charge in [-0.15, -0.1) is 0 Å². The Hall–Kier alpha value is -1.87. The molecule has 18 heavy (non-hydrogen) atoms. The molecular weight excluding hydrogens is 224 g/mol. The van der Waals surface area contributed by atoms with Crippen LogP contribution in [0, 0.1) is 0 Å². The first-order valence-corrected chi connectivity index (χ1v) is 6.01. The van der Waals surface area contributed by atoms with E-state index in [1.807, 2.05) is 56.3 Å². The summed E-state index contributed by atoms with van der Waals surface area (Å²) in [4.78, 5) is 4.34. The van der Waals surface area contributed by atoms with Gasteiger partial charge in [-0.3, -0.25) is 4.98 Å². The molecule has 0 aliphatic rings. The van der Waals surface area contributed by atoms with E-state index in [2.05, 4.69) is 4.98 Å². The van der Waals surface area contributed by atoms with Gasteiger partial charge in [0.05, 0.1) is 5.69 Å². The van der Waals surface area contributed by atoms with Gasteiger partial charge in [0.15, 0.2) is 0 Å². The Morgan fingerprint density at radius 1 is 1.11 bits per heavy atom. The normalized spacial score (nSPS) is 11.3. The van der Waals surface area contributed by atoms with Gasteiger partial charge in [-0.25, -0.2) is 0 Å². The average Bonchev–Trinajstić information content (AvgIpc) is 2.40. The van der Waals surface area contributed by atoms with E-state index < -0.39 is 5.60 Å². The van der Waals surface area contributed by atoms with Crippen LogP contribution in [0.1, 0.15) is 25.1 Å². The average molecular weight is 242 g/mol. The topological polar surface area (TPSA) is 48.1 Å². The number of pyridine rings is 1. The van der Waals surface area contributed by atoms with E-state index >= 15 is 0 Å². The Labute approximate surface area is 108 Å². The van der Waals surface area contributed by atoms with Crippen LogP contribution < -0.4 is 10.5 Å². The second kappa shape index (κ2) is 5.19. The van der Waals surface area contributed by atoms with Gasteiger partial charge in [-0.05, 0) is 43.7 Å². The smallest absolute Gasteiger partial charge is 0.145 e. The van der Waals surface area contributed by atoms with Gasteiger partial charge in [0.2, 0.25) is 0 Å². The van der Waals surface area contributed by atoms with Crippen LogP contribution in [0.2, 0.25) is 0 Å². The molecule has 94 valence electrons. The van der Waals surface area contributed by atoms with E-state index in [9.17, 15) is 0 Å². The summed E-state index contributed by atoms with van der Waals surface area (Å²) in [6.45, 7) is 4.56. The van der Waals surface area contributed by atoms with Crippen LogP contribution in [0.15, 0.2) is 48.7 Å². The van der Waals surface area contributed by atoms with Gasteiger partial charge < -0.3 is 10.5 Å². The van der Waals surface area contributed by atoms with Crippen molar-refractivity contribution in [3.05, 3.63) is 59.9 Å². The lowest BCUT2D eigenvalue weighted by molar-refractivity contribution is 0.104. The summed E-state index contributed by atoms with van der Waals surface area (Å²) in [5, 5.41) is 0. The highest BCUT2D eigenvalue weighted by molar-refractivity contribution is 5.28. The van der Waals surface area contributed by atoms with Gasteiger partial charge in [0.25, 0.3) is 0 Å². The fourth-order valence-corrected chi connectivity index (χ4v) is 1.76. The maximum atomic E-state index is 5.98. The number of aromatic nitrogens is 1. The van der Waals surface area contributed by atoms with Gasteiger partial charge >= 0.3 is 0 Å². The van der Waals surface area contributed by atoms with Crippen molar-refractivity contribution >= 4 is 0 Å². The highest BCUT2D eigenvalue weighted by Crippen LogP contribution is 2.26. The Balaban J connectivity index is 2.16. The maximum absolute atomic E-state index is 5.98. The summed E-state index contributed by atoms with van der Waals surface area (Å²) in [7, 11) is 0. The lowest BCUT2D eigenvalue weighted by Crippen LogP contribution is -2.26. The van der Waals surface area contributed by atoms with Crippen molar-refractivity contribution in [1.82, 2.24) is 4.98 Å². The van der Waals surface area contributed by atoms with Crippen LogP contribution in [0.5, 0.6) is 5.75 Å². The highest BCUT2D eigenvalue weighted by atomic mass is 16.5. The monoisotopic (exact) mass is 242 g/mol. The molecule has 0 spiro atoms. The van der Waals surface area contributed by atoms with Crippen LogP contribution in [0.3, 0.4) is 0 Å². The summed E-state index contributed by atoms with van der Waals surface area (Å²) in [6, 6.07) is 13.7. The molecule has 1 heterocycles. The van der Waals surface area contributed by atoms with Gasteiger partial charge in [-0.1, -0.05) is 18.2 Å². The van der Waals surface area contributed by atoms with Crippen molar-refractivity contribution in [2.24, 2.45) is 5.73 Å². The minimum Gasteiger partial charge on any atom is -0.482 e. The molecule has 3 nitrogen and oxygen atoms in total. The molecule has 0 radical (unpaired) electrons. The second-order valence-corrected chi connectivity index (χ2v) is 4.68. The van der Waals surface area contributed by atoms with Crippen molar-refractivity contribution < 1.29 is 4.74 Å². The highest BCUT2D eigenvalue weighted by Gasteiger charge is 2.23. The quantitative estimate of drug-likeness (QED) is 0.896. The summed E-state index contributed by atoms with van der Waals surface area (Å²) in [5.74, 6) is 0.822. The third-order valence-electron chi connectivity index (χ3n) is 2.81. The third-order valence-corrected chi connectivity index (χ3v) is 2.81. The SMILES string of the molecule is CC(C)(Oc1ccc(CN)cc1)c1ccccn1. The molecule has 2 N–H and O–H groups in total. The molecule has 0 saturated heterocycles. The molecule has 2 rings (SSSR count). The summed E-state index contributed by atoms with van der Waals surface area (Å²) in [6.07, 6.45) is 1.78. The zero-order valence-electron chi connectivity index (χ0n) is 10.8. The first-order chi connectivity index (χ1) is 8.62. The van der Waals surface area contributed by atoms with E-state index in [0.717, 1.165) is 17.0 Å². The molecule has 1 aromatic heterocycles. The minimum absolute atomic E-state index is 0.453. The van der Waals surface area contributed by atoms with E-state index in [1.165, 1.54) is 0 Å². The molecule has 0 bridgehead atoms. The van der Waals surface area contributed by atoms with Crippen molar-refractivity contribution in [2.75, 3.05) is 0 Å². The molecule has 3 heteroatoms. The van der Waals surface area contributed by atoms with Crippen LogP contribution in [-0.2, 0) is 12.1 Å². The summed E-state index contributed by atoms with van der Waals surface area (Å²) < 4.78 is 5.98. The molecule has 0 fully saturated rings. The molecule has 0 unspecified atom stereocenters. The fraction of sp³-hybridized carbons (Fsp3) is 0.267. The number of benzene rings is 1. The van der Waals surface area contributed by atoms with Gasteiger partial charge in [0, 0.05) is 12.7 Å². The number of ether oxygens (including phenoxy) is 1. The third kappa shape index (κ3) is 2.87. The van der Waals surface area contributed by atoms with Crippen molar-refractivity contribution in [1.29, 1.82) is 0 Å². The predicted molar refractivity (Wildman–Crippen MR) is 72.2 cm³/mol. The maximum Gasteiger partial charge on any atom is 0.145 e. The van der Waals surface area contributed by atoms with Crippen LogP contribution >= 0.6 is 0 Å². The second-order valence-electron chi connectivity index (χ2n) is 4.68. The fourth-order valence-electron chi connectivity index (χ4n) is 1.76. The van der Waals surface area contributed by atoms with Gasteiger partial charge in [0.1, 0.15) is 11.4 Å². The van der Waals surface area contributed by atoms with E-state index in [4.69, 9.17) is 10.5 Å². The first-order valence-electron chi connectivity index (χ1n) is 6.01. The van der Waals surface area contributed by atoms with Crippen molar-refractivity contribution in [3.8, 4) is 5.75 Å². The molecule has 0 aliphatic heterocycles. The Bertz CT molecular complexity index is 492. The Morgan fingerprint density at radius 3 is 2.39 bits per heavy atom. The van der Waals surface area contributed by atoms with E-state index in [1.54, 1.807) is 6.20 Å². The number of nitrogens with zero attached hydrogens (tertiary/aromatic N) is 1. The first kappa shape index (κ1) is 12.6. The number of hydrogen-bond donors (Lipinski definition) is 1. The molecular formula is C15H18N2O. The van der Waals surface area contributed by atoms with Crippen LogP contribution in [-0.4, -0.2) is 4.98 Å². The lowest BCUT2D eigenvalue weighted by Gasteiger charge is -2.26. The van der Waals surface area contributed by atoms with Crippen molar-refractivity contribution in [3.63, 3.8) is 0 Å². The molecule has 1 aromatic carbocycles. The number of hydrogen-bond acceptors (Lipinski definition) is 3. The van der Waals surface area contributed by atoms with Crippen LogP contribution in [0.4, 0.5) is 0 Å². The van der Waals surface area contributed by atoms with E-state index in [0.29, 0.717) is 6.54 Å². The number of rotatable bonds is 4. The largest absolute Gasteiger partial charge is 0.482 e. The lowest BCUT2D eigenvalue weighted by atomic mass is 10.0. The predicted octanol–water partition coefficient (Wildman–Crippen LogP) is 2.85. The Kier molecular flexibility index (Phi) is 3.63. The minimum atomic E-state index is -0.453. The molecule has 0 atom stereocenters.